The minimum Gasteiger partial charge on any atom is -0.454 e. The van der Waals surface area contributed by atoms with E-state index in [0.29, 0.717) is 26.3 Å². The Kier molecular flexibility index (Phi) is 6.25. The lowest BCUT2D eigenvalue weighted by Crippen LogP contribution is -2.32. The van der Waals surface area contributed by atoms with Crippen molar-refractivity contribution in [1.29, 1.82) is 0 Å². The zero-order valence-corrected chi connectivity index (χ0v) is 12.5. The van der Waals surface area contributed by atoms with Gasteiger partial charge < -0.3 is 29.4 Å². The summed E-state index contributed by atoms with van der Waals surface area (Å²) in [7, 11) is 1.63. The third-order valence-electron chi connectivity index (χ3n) is 3.12. The number of fused-ring (bicyclic) bond motifs is 1. The fraction of sp³-hybridized carbons (Fsp3) is 0.600. The number of hydrogen-bond donors (Lipinski definition) is 2. The van der Waals surface area contributed by atoms with Crippen LogP contribution in [0, 0.1) is 0 Å². The van der Waals surface area contributed by atoms with Crippen molar-refractivity contribution >= 4 is 0 Å². The Morgan fingerprint density at radius 1 is 1.29 bits per heavy atom. The van der Waals surface area contributed by atoms with Crippen LogP contribution in [0.5, 0.6) is 11.5 Å². The number of benzene rings is 1. The molecule has 21 heavy (non-hydrogen) atoms. The lowest BCUT2D eigenvalue weighted by atomic mass is 10.2. The van der Waals surface area contributed by atoms with Crippen LogP contribution < -0.4 is 14.8 Å². The number of aliphatic hydroxyl groups is 1. The first-order chi connectivity index (χ1) is 10.2. The number of nitrogens with one attached hydrogen (secondary N) is 1. The van der Waals surface area contributed by atoms with E-state index in [1.165, 1.54) is 0 Å². The molecule has 0 amide bonds. The monoisotopic (exact) mass is 297 g/mol. The summed E-state index contributed by atoms with van der Waals surface area (Å²) in [6.07, 6.45) is -0.558. The Morgan fingerprint density at radius 2 is 2.10 bits per heavy atom. The molecule has 118 valence electrons. The third-order valence-corrected chi connectivity index (χ3v) is 3.12. The van der Waals surface area contributed by atoms with Gasteiger partial charge in [-0.2, -0.15) is 0 Å². The molecule has 1 aromatic carbocycles. The van der Waals surface area contributed by atoms with E-state index in [2.05, 4.69) is 5.32 Å². The molecule has 1 aromatic rings. The third kappa shape index (κ3) is 5.17. The van der Waals surface area contributed by atoms with Gasteiger partial charge in [0.25, 0.3) is 0 Å². The first kappa shape index (κ1) is 16.0. The van der Waals surface area contributed by atoms with E-state index in [-0.39, 0.29) is 12.9 Å². The fourth-order valence-electron chi connectivity index (χ4n) is 2.05. The van der Waals surface area contributed by atoms with Gasteiger partial charge in [0.15, 0.2) is 11.5 Å². The molecule has 1 aliphatic rings. The van der Waals surface area contributed by atoms with Crippen LogP contribution in [0.3, 0.4) is 0 Å². The average Bonchev–Trinajstić information content (AvgIpc) is 2.93. The maximum absolute atomic E-state index is 9.83. The van der Waals surface area contributed by atoms with Crippen molar-refractivity contribution in [2.75, 3.05) is 33.7 Å². The van der Waals surface area contributed by atoms with E-state index in [1.807, 2.05) is 25.1 Å². The minimum absolute atomic E-state index is 0.0153. The molecule has 0 saturated carbocycles. The number of ether oxygens (including phenoxy) is 4. The minimum atomic E-state index is -0.543. The number of aliphatic hydroxyl groups excluding tert-OH is 1. The Hall–Kier alpha value is -1.34. The molecule has 2 rings (SSSR count). The zero-order chi connectivity index (χ0) is 15.1. The van der Waals surface area contributed by atoms with Crippen LogP contribution in [0.1, 0.15) is 12.5 Å². The average molecular weight is 297 g/mol. The summed E-state index contributed by atoms with van der Waals surface area (Å²) in [6, 6.07) is 5.81. The second-order valence-electron chi connectivity index (χ2n) is 5.07. The van der Waals surface area contributed by atoms with Crippen molar-refractivity contribution in [3.63, 3.8) is 0 Å². The molecular formula is C15H23NO5. The normalized spacial score (nSPS) is 16.0. The molecule has 2 N–H and O–H groups in total. The van der Waals surface area contributed by atoms with Crippen LogP contribution in [0.2, 0.25) is 0 Å². The highest BCUT2D eigenvalue weighted by molar-refractivity contribution is 5.44. The van der Waals surface area contributed by atoms with Gasteiger partial charge in [0.05, 0.1) is 25.4 Å². The van der Waals surface area contributed by atoms with Crippen molar-refractivity contribution < 1.29 is 24.1 Å². The van der Waals surface area contributed by atoms with Gasteiger partial charge in [-0.25, -0.2) is 0 Å². The zero-order valence-electron chi connectivity index (χ0n) is 12.5. The van der Waals surface area contributed by atoms with Gasteiger partial charge in [-0.15, -0.1) is 0 Å². The highest BCUT2D eigenvalue weighted by Gasteiger charge is 2.13. The Bertz CT molecular complexity index is 440. The molecule has 0 saturated heterocycles. The highest BCUT2D eigenvalue weighted by atomic mass is 16.7. The van der Waals surface area contributed by atoms with Crippen molar-refractivity contribution in [3.05, 3.63) is 23.8 Å². The summed E-state index contributed by atoms with van der Waals surface area (Å²) in [5, 5.41) is 13.0. The summed E-state index contributed by atoms with van der Waals surface area (Å²) >= 11 is 0. The summed E-state index contributed by atoms with van der Waals surface area (Å²) in [5.74, 6) is 1.55. The van der Waals surface area contributed by atoms with Gasteiger partial charge in [0.2, 0.25) is 6.79 Å². The van der Waals surface area contributed by atoms with Gasteiger partial charge in [-0.1, -0.05) is 6.07 Å². The van der Waals surface area contributed by atoms with E-state index in [0.717, 1.165) is 17.1 Å². The van der Waals surface area contributed by atoms with Gasteiger partial charge >= 0.3 is 0 Å². The molecule has 6 heteroatoms. The molecule has 0 aromatic heterocycles. The standard InChI is InChI=1S/C15H23NO5/c1-11(8-18-2)19-9-13(17)7-16-6-12-3-4-14-15(5-12)21-10-20-14/h3-5,11,13,16-17H,6-10H2,1-2H3. The molecule has 0 spiro atoms. The Balaban J connectivity index is 1.64. The Labute approximate surface area is 125 Å². The molecule has 2 atom stereocenters. The predicted octanol–water partition coefficient (Wildman–Crippen LogP) is 0.917. The first-order valence-electron chi connectivity index (χ1n) is 7.07. The molecule has 1 heterocycles. The summed E-state index contributed by atoms with van der Waals surface area (Å²) in [4.78, 5) is 0. The Morgan fingerprint density at radius 3 is 2.90 bits per heavy atom. The van der Waals surface area contributed by atoms with Gasteiger partial charge in [-0.05, 0) is 24.6 Å². The number of methoxy groups -OCH3 is 1. The van der Waals surface area contributed by atoms with Crippen LogP contribution in [-0.2, 0) is 16.0 Å². The maximum Gasteiger partial charge on any atom is 0.231 e. The van der Waals surface area contributed by atoms with E-state index in [9.17, 15) is 5.11 Å². The number of rotatable bonds is 9. The van der Waals surface area contributed by atoms with E-state index >= 15 is 0 Å². The molecule has 0 aliphatic carbocycles. The van der Waals surface area contributed by atoms with Crippen LogP contribution in [-0.4, -0.2) is 51.0 Å². The van der Waals surface area contributed by atoms with Crippen molar-refractivity contribution in [2.45, 2.75) is 25.7 Å². The molecule has 1 aliphatic heterocycles. The highest BCUT2D eigenvalue weighted by Crippen LogP contribution is 2.32. The second kappa shape index (κ2) is 8.19. The van der Waals surface area contributed by atoms with Crippen molar-refractivity contribution in [2.24, 2.45) is 0 Å². The van der Waals surface area contributed by atoms with Crippen LogP contribution in [0.25, 0.3) is 0 Å². The van der Waals surface area contributed by atoms with Gasteiger partial charge in [-0.3, -0.25) is 0 Å². The molecule has 0 radical (unpaired) electrons. The lowest BCUT2D eigenvalue weighted by molar-refractivity contribution is -0.0311. The fourth-order valence-corrected chi connectivity index (χ4v) is 2.05. The molecule has 6 nitrogen and oxygen atoms in total. The van der Waals surface area contributed by atoms with Gasteiger partial charge in [0, 0.05) is 20.2 Å². The van der Waals surface area contributed by atoms with E-state index < -0.39 is 6.10 Å². The maximum atomic E-state index is 9.83. The quantitative estimate of drug-likeness (QED) is 0.706. The molecule has 2 unspecified atom stereocenters. The summed E-state index contributed by atoms with van der Waals surface area (Å²) < 4.78 is 21.0. The van der Waals surface area contributed by atoms with Crippen molar-refractivity contribution in [1.82, 2.24) is 5.32 Å². The second-order valence-corrected chi connectivity index (χ2v) is 5.07. The molecule has 0 fully saturated rings. The van der Waals surface area contributed by atoms with Crippen molar-refractivity contribution in [3.8, 4) is 11.5 Å². The first-order valence-corrected chi connectivity index (χ1v) is 7.07. The molecular weight excluding hydrogens is 274 g/mol. The largest absolute Gasteiger partial charge is 0.454 e. The lowest BCUT2D eigenvalue weighted by Gasteiger charge is -2.16. The summed E-state index contributed by atoms with van der Waals surface area (Å²) in [6.45, 7) is 4.13. The van der Waals surface area contributed by atoms with Crippen LogP contribution in [0.4, 0.5) is 0 Å². The number of hydrogen-bond acceptors (Lipinski definition) is 6. The van der Waals surface area contributed by atoms with Crippen LogP contribution >= 0.6 is 0 Å². The predicted molar refractivity (Wildman–Crippen MR) is 77.6 cm³/mol. The molecule has 0 bridgehead atoms. The van der Waals surface area contributed by atoms with E-state index in [1.54, 1.807) is 7.11 Å². The van der Waals surface area contributed by atoms with Gasteiger partial charge in [0.1, 0.15) is 0 Å². The van der Waals surface area contributed by atoms with Crippen LogP contribution in [0.15, 0.2) is 18.2 Å². The smallest absolute Gasteiger partial charge is 0.231 e. The summed E-state index contributed by atoms with van der Waals surface area (Å²) in [5.41, 5.74) is 1.08. The SMILES string of the molecule is COCC(C)OCC(O)CNCc1ccc2c(c1)OCO2. The van der Waals surface area contributed by atoms with E-state index in [4.69, 9.17) is 18.9 Å². The topological polar surface area (TPSA) is 69.2 Å².